The zero-order chi connectivity index (χ0) is 14.7. The molecule has 1 aromatic heterocycles. The quantitative estimate of drug-likeness (QED) is 0.533. The molecule has 1 N–H and O–H groups in total. The molecule has 1 aromatic carbocycles. The number of carbonyl (C=O) groups is 1. The number of rotatable bonds is 3. The minimum Gasteiger partial charge on any atom is -0.322 e. The molecule has 2 aromatic rings. The van der Waals surface area contributed by atoms with Gasteiger partial charge >= 0.3 is 0 Å². The Bertz CT molecular complexity index is 691. The molecule has 6 nitrogen and oxygen atoms in total. The number of halogens is 2. The van der Waals surface area contributed by atoms with Gasteiger partial charge in [0.15, 0.2) is 0 Å². The summed E-state index contributed by atoms with van der Waals surface area (Å²) in [6, 6.07) is 7.02. The lowest BCUT2D eigenvalue weighted by Crippen LogP contribution is -2.13. The Hall–Kier alpha value is -2.18. The normalized spacial score (nSPS) is 10.1. The molecule has 20 heavy (non-hydrogen) atoms. The molecule has 8 heteroatoms. The second kappa shape index (κ2) is 5.85. The molecule has 0 bridgehead atoms. The van der Waals surface area contributed by atoms with E-state index in [0.717, 1.165) is 0 Å². The van der Waals surface area contributed by atoms with Gasteiger partial charge < -0.3 is 5.32 Å². The van der Waals surface area contributed by atoms with E-state index in [1.54, 1.807) is 6.07 Å². The Morgan fingerprint density at radius 2 is 2.05 bits per heavy atom. The van der Waals surface area contributed by atoms with E-state index in [0.29, 0.717) is 0 Å². The zero-order valence-corrected chi connectivity index (χ0v) is 11.4. The molecule has 0 radical (unpaired) electrons. The van der Waals surface area contributed by atoms with Crippen LogP contribution in [0.3, 0.4) is 0 Å². The summed E-state index contributed by atoms with van der Waals surface area (Å²) in [7, 11) is 0. The van der Waals surface area contributed by atoms with Gasteiger partial charge in [0.25, 0.3) is 11.6 Å². The lowest BCUT2D eigenvalue weighted by Gasteiger charge is -2.06. The second-order valence-electron chi connectivity index (χ2n) is 3.72. The van der Waals surface area contributed by atoms with Crippen molar-refractivity contribution in [2.45, 2.75) is 0 Å². The number of nitrogens with zero attached hydrogens (tertiary/aromatic N) is 2. The number of aromatic nitrogens is 1. The predicted octanol–water partition coefficient (Wildman–Crippen LogP) is 3.55. The van der Waals surface area contributed by atoms with Crippen LogP contribution in [0.5, 0.6) is 0 Å². The van der Waals surface area contributed by atoms with Crippen molar-refractivity contribution in [2.24, 2.45) is 0 Å². The number of hydrogen-bond donors (Lipinski definition) is 1. The van der Waals surface area contributed by atoms with Gasteiger partial charge in [0.1, 0.15) is 10.2 Å². The molecule has 1 amide bonds. The molecule has 0 saturated heterocycles. The van der Waals surface area contributed by atoms with Crippen LogP contribution in [0.15, 0.2) is 36.5 Å². The number of carbonyl (C=O) groups excluding carboxylic acids is 1. The van der Waals surface area contributed by atoms with Crippen LogP contribution >= 0.6 is 23.2 Å². The molecular formula is C12H7Cl2N3O3. The molecule has 1 heterocycles. The maximum Gasteiger partial charge on any atom is 0.289 e. The van der Waals surface area contributed by atoms with Gasteiger partial charge in [0, 0.05) is 18.0 Å². The molecule has 0 saturated carbocycles. The Morgan fingerprint density at radius 3 is 2.70 bits per heavy atom. The maximum absolute atomic E-state index is 12.0. The third kappa shape index (κ3) is 3.04. The van der Waals surface area contributed by atoms with Crippen LogP contribution < -0.4 is 5.32 Å². The van der Waals surface area contributed by atoms with Gasteiger partial charge in [-0.15, -0.1) is 0 Å². The second-order valence-corrected chi connectivity index (χ2v) is 4.48. The molecule has 0 unspecified atom stereocenters. The smallest absolute Gasteiger partial charge is 0.289 e. The van der Waals surface area contributed by atoms with Gasteiger partial charge in [-0.3, -0.25) is 14.9 Å². The monoisotopic (exact) mass is 311 g/mol. The Kier molecular flexibility index (Phi) is 4.16. The molecule has 102 valence electrons. The first kappa shape index (κ1) is 14.2. The van der Waals surface area contributed by atoms with Gasteiger partial charge in [-0.2, -0.15) is 0 Å². The van der Waals surface area contributed by atoms with Crippen molar-refractivity contribution in [1.82, 2.24) is 4.98 Å². The van der Waals surface area contributed by atoms with Gasteiger partial charge in [-0.25, -0.2) is 4.98 Å². The highest BCUT2D eigenvalue weighted by Crippen LogP contribution is 2.27. The summed E-state index contributed by atoms with van der Waals surface area (Å²) in [5.74, 6) is -0.514. The summed E-state index contributed by atoms with van der Waals surface area (Å²) in [5.41, 5.74) is 0.125. The van der Waals surface area contributed by atoms with Crippen LogP contribution in [0, 0.1) is 10.1 Å². The lowest BCUT2D eigenvalue weighted by molar-refractivity contribution is -0.384. The summed E-state index contributed by atoms with van der Waals surface area (Å²) in [6.45, 7) is 0. The molecule has 0 aliphatic carbocycles. The van der Waals surface area contributed by atoms with E-state index in [4.69, 9.17) is 23.2 Å². The number of pyridine rings is 1. The van der Waals surface area contributed by atoms with Crippen molar-refractivity contribution in [2.75, 3.05) is 5.32 Å². The van der Waals surface area contributed by atoms with E-state index in [2.05, 4.69) is 10.3 Å². The summed E-state index contributed by atoms with van der Waals surface area (Å²) < 4.78 is 0. The third-order valence-corrected chi connectivity index (χ3v) is 3.03. The Balaban J connectivity index is 2.27. The van der Waals surface area contributed by atoms with Crippen LogP contribution in [0.25, 0.3) is 0 Å². The summed E-state index contributed by atoms with van der Waals surface area (Å²) in [6.07, 6.45) is 1.45. The van der Waals surface area contributed by atoms with E-state index in [-0.39, 0.29) is 27.1 Å². The number of hydrogen-bond acceptors (Lipinski definition) is 4. The fraction of sp³-hybridized carbons (Fsp3) is 0. The van der Waals surface area contributed by atoms with Crippen LogP contribution in [0.2, 0.25) is 10.2 Å². The minimum atomic E-state index is -0.630. The topological polar surface area (TPSA) is 85.1 Å². The van der Waals surface area contributed by atoms with Gasteiger partial charge in [0.2, 0.25) is 0 Å². The molecule has 0 atom stereocenters. The molecule has 2 rings (SSSR count). The van der Waals surface area contributed by atoms with Crippen LogP contribution in [0.4, 0.5) is 11.4 Å². The number of amides is 1. The molecule has 0 fully saturated rings. The first-order valence-electron chi connectivity index (χ1n) is 5.35. The SMILES string of the molecule is O=C(Nc1ccc(Cl)c([N+](=O)[O-])c1)c1cccnc1Cl. The maximum atomic E-state index is 12.0. The van der Waals surface area contributed by atoms with E-state index in [9.17, 15) is 14.9 Å². The number of nitrogens with one attached hydrogen (secondary N) is 1. The van der Waals surface area contributed by atoms with Crippen molar-refractivity contribution in [1.29, 1.82) is 0 Å². The average Bonchev–Trinajstić information content (AvgIpc) is 2.41. The van der Waals surface area contributed by atoms with Crippen molar-refractivity contribution < 1.29 is 9.72 Å². The minimum absolute atomic E-state index is 0.00703. The van der Waals surface area contributed by atoms with Crippen molar-refractivity contribution in [3.63, 3.8) is 0 Å². The standard InChI is InChI=1S/C12H7Cl2N3O3/c13-9-4-3-7(6-10(9)17(19)20)16-12(18)8-2-1-5-15-11(8)14/h1-6H,(H,16,18). The van der Waals surface area contributed by atoms with Crippen molar-refractivity contribution in [3.8, 4) is 0 Å². The number of anilines is 1. The third-order valence-electron chi connectivity index (χ3n) is 2.40. The van der Waals surface area contributed by atoms with Crippen LogP contribution in [0.1, 0.15) is 10.4 Å². The number of benzene rings is 1. The van der Waals surface area contributed by atoms with Gasteiger partial charge in [-0.1, -0.05) is 23.2 Å². The summed E-state index contributed by atoms with van der Waals surface area (Å²) >= 11 is 11.5. The van der Waals surface area contributed by atoms with E-state index in [1.807, 2.05) is 0 Å². The summed E-state index contributed by atoms with van der Waals surface area (Å²) in [5, 5.41) is 13.3. The number of nitro groups is 1. The molecule has 0 spiro atoms. The Morgan fingerprint density at radius 1 is 1.30 bits per heavy atom. The van der Waals surface area contributed by atoms with Crippen LogP contribution in [-0.4, -0.2) is 15.8 Å². The van der Waals surface area contributed by atoms with E-state index < -0.39 is 10.8 Å². The highest BCUT2D eigenvalue weighted by Gasteiger charge is 2.15. The van der Waals surface area contributed by atoms with Gasteiger partial charge in [-0.05, 0) is 24.3 Å². The first-order chi connectivity index (χ1) is 9.49. The highest BCUT2D eigenvalue weighted by molar-refractivity contribution is 6.33. The zero-order valence-electron chi connectivity index (χ0n) is 9.84. The molecule has 0 aliphatic heterocycles. The van der Waals surface area contributed by atoms with Gasteiger partial charge in [0.05, 0.1) is 10.5 Å². The molecular weight excluding hydrogens is 305 g/mol. The number of nitro benzene ring substituents is 1. The molecule has 0 aliphatic rings. The fourth-order valence-corrected chi connectivity index (χ4v) is 1.88. The first-order valence-corrected chi connectivity index (χ1v) is 6.10. The summed E-state index contributed by atoms with van der Waals surface area (Å²) in [4.78, 5) is 25.9. The largest absolute Gasteiger partial charge is 0.322 e. The van der Waals surface area contributed by atoms with E-state index >= 15 is 0 Å². The Labute approximate surface area is 123 Å². The predicted molar refractivity (Wildman–Crippen MR) is 75.3 cm³/mol. The lowest BCUT2D eigenvalue weighted by atomic mass is 10.2. The van der Waals surface area contributed by atoms with Crippen molar-refractivity contribution >= 4 is 40.5 Å². The van der Waals surface area contributed by atoms with Crippen LogP contribution in [-0.2, 0) is 0 Å². The average molecular weight is 312 g/mol. The van der Waals surface area contributed by atoms with E-state index in [1.165, 1.54) is 30.5 Å². The highest BCUT2D eigenvalue weighted by atomic mass is 35.5. The van der Waals surface area contributed by atoms with Crippen molar-refractivity contribution in [3.05, 3.63) is 62.4 Å². The fourth-order valence-electron chi connectivity index (χ4n) is 1.48.